The average molecular weight is 459 g/mol. The van der Waals surface area contributed by atoms with E-state index in [1.54, 1.807) is 41.7 Å². The highest BCUT2D eigenvalue weighted by atomic mass is 35.5. The Morgan fingerprint density at radius 2 is 1.91 bits per heavy atom. The Kier molecular flexibility index (Phi) is 5.64. The maximum absolute atomic E-state index is 13.8. The van der Waals surface area contributed by atoms with E-state index in [1.165, 1.54) is 5.56 Å². The van der Waals surface area contributed by atoms with Crippen LogP contribution in [0.4, 0.5) is 5.82 Å². The van der Waals surface area contributed by atoms with Crippen molar-refractivity contribution in [3.8, 4) is 0 Å². The van der Waals surface area contributed by atoms with Gasteiger partial charge in [0.2, 0.25) is 0 Å². The second-order valence-electron chi connectivity index (χ2n) is 8.22. The zero-order valence-electron chi connectivity index (χ0n) is 18.2. The molecule has 1 aromatic carbocycles. The van der Waals surface area contributed by atoms with E-state index < -0.39 is 0 Å². The molecule has 5 rings (SSSR count). The Hall–Kier alpha value is -3.58. The minimum atomic E-state index is -0.359. The van der Waals surface area contributed by atoms with Crippen LogP contribution in [0.3, 0.4) is 0 Å². The Morgan fingerprint density at radius 1 is 1.12 bits per heavy atom. The van der Waals surface area contributed by atoms with E-state index in [0.717, 1.165) is 41.4 Å². The van der Waals surface area contributed by atoms with Gasteiger partial charge in [0.25, 0.3) is 5.91 Å². The molecule has 0 spiro atoms. The van der Waals surface area contributed by atoms with Gasteiger partial charge in [0, 0.05) is 29.5 Å². The standard InChI is InChI=1S/C25H23ClN6O/c1-15(24-28-10-3-11-29-24)32(14-18-8-7-17(26)13-30-18)25(33)16-6-9-22-21(12-16)19-4-2-5-20(19)23(27)31-22/h3,6-13,15H,2,4-5,14H2,1H3,(H2,27,31)/t15-/m1/s1. The first-order valence-corrected chi connectivity index (χ1v) is 11.3. The molecule has 1 atom stereocenters. The van der Waals surface area contributed by atoms with Crippen LogP contribution in [-0.4, -0.2) is 30.7 Å². The molecule has 4 aromatic rings. The predicted octanol–water partition coefficient (Wildman–Crippen LogP) is 4.55. The van der Waals surface area contributed by atoms with Crippen molar-refractivity contribution < 1.29 is 4.79 Å². The van der Waals surface area contributed by atoms with Crippen molar-refractivity contribution in [3.63, 3.8) is 0 Å². The summed E-state index contributed by atoms with van der Waals surface area (Å²) < 4.78 is 0. The van der Waals surface area contributed by atoms with E-state index in [9.17, 15) is 4.79 Å². The van der Waals surface area contributed by atoms with Crippen molar-refractivity contribution in [2.24, 2.45) is 0 Å². The number of hydrogen-bond acceptors (Lipinski definition) is 6. The van der Waals surface area contributed by atoms with Gasteiger partial charge in [-0.25, -0.2) is 15.0 Å². The monoisotopic (exact) mass is 458 g/mol. The van der Waals surface area contributed by atoms with E-state index in [1.807, 2.05) is 25.1 Å². The van der Waals surface area contributed by atoms with Crippen molar-refractivity contribution in [2.75, 3.05) is 5.73 Å². The largest absolute Gasteiger partial charge is 0.383 e. The third kappa shape index (κ3) is 4.12. The molecule has 166 valence electrons. The van der Waals surface area contributed by atoms with Crippen molar-refractivity contribution in [3.05, 3.63) is 88.2 Å². The number of nitrogen functional groups attached to an aromatic ring is 1. The van der Waals surface area contributed by atoms with Crippen LogP contribution in [0.1, 0.15) is 52.4 Å². The summed E-state index contributed by atoms with van der Waals surface area (Å²) in [5, 5.41) is 1.54. The Morgan fingerprint density at radius 3 is 2.67 bits per heavy atom. The highest BCUT2D eigenvalue weighted by Gasteiger charge is 2.26. The Bertz CT molecular complexity index is 1330. The molecule has 2 N–H and O–H groups in total. The zero-order valence-corrected chi connectivity index (χ0v) is 19.0. The predicted molar refractivity (Wildman–Crippen MR) is 128 cm³/mol. The highest BCUT2D eigenvalue weighted by molar-refractivity contribution is 6.30. The van der Waals surface area contributed by atoms with E-state index >= 15 is 0 Å². The maximum Gasteiger partial charge on any atom is 0.254 e. The van der Waals surface area contributed by atoms with Crippen LogP contribution in [0.2, 0.25) is 5.02 Å². The first kappa shape index (κ1) is 21.3. The fraction of sp³-hybridized carbons (Fsp3) is 0.240. The van der Waals surface area contributed by atoms with Crippen LogP contribution in [-0.2, 0) is 19.4 Å². The van der Waals surface area contributed by atoms with Gasteiger partial charge in [-0.1, -0.05) is 11.6 Å². The number of pyridine rings is 2. The second kappa shape index (κ2) is 8.75. The van der Waals surface area contributed by atoms with E-state index in [0.29, 0.717) is 28.8 Å². The van der Waals surface area contributed by atoms with Crippen LogP contribution in [0.15, 0.2) is 55.0 Å². The SMILES string of the molecule is C[C@H](c1ncccn1)N(Cc1ccc(Cl)cn1)C(=O)c1ccc2nc(N)c3c(c2c1)CCC3. The van der Waals surface area contributed by atoms with Crippen LogP contribution < -0.4 is 5.73 Å². The van der Waals surface area contributed by atoms with Gasteiger partial charge in [0.05, 0.1) is 28.8 Å². The zero-order chi connectivity index (χ0) is 22.9. The van der Waals surface area contributed by atoms with Crippen molar-refractivity contribution in [1.29, 1.82) is 0 Å². The molecule has 7 nitrogen and oxygen atoms in total. The van der Waals surface area contributed by atoms with Gasteiger partial charge >= 0.3 is 0 Å². The lowest BCUT2D eigenvalue weighted by Gasteiger charge is -2.28. The van der Waals surface area contributed by atoms with E-state index in [2.05, 4.69) is 19.9 Å². The molecule has 1 aliphatic rings. The van der Waals surface area contributed by atoms with Crippen molar-refractivity contribution in [2.45, 2.75) is 38.8 Å². The Labute approximate surface area is 196 Å². The molecule has 0 aliphatic heterocycles. The number of carbonyl (C=O) groups excluding carboxylic acids is 1. The average Bonchev–Trinajstić information content (AvgIpc) is 3.34. The van der Waals surface area contributed by atoms with Gasteiger partial charge in [-0.05, 0) is 73.7 Å². The summed E-state index contributed by atoms with van der Waals surface area (Å²) >= 11 is 6.00. The fourth-order valence-electron chi connectivity index (χ4n) is 4.42. The molecule has 3 aromatic heterocycles. The van der Waals surface area contributed by atoms with Gasteiger partial charge in [0.1, 0.15) is 11.6 Å². The lowest BCUT2D eigenvalue weighted by atomic mass is 10.0. The number of carbonyl (C=O) groups is 1. The van der Waals surface area contributed by atoms with Crippen LogP contribution in [0, 0.1) is 0 Å². The molecule has 1 aliphatic carbocycles. The fourth-order valence-corrected chi connectivity index (χ4v) is 4.53. The minimum Gasteiger partial charge on any atom is -0.383 e. The molecule has 8 heteroatoms. The number of anilines is 1. The molecule has 1 amide bonds. The van der Waals surface area contributed by atoms with Gasteiger partial charge < -0.3 is 10.6 Å². The molecule has 0 saturated heterocycles. The first-order valence-electron chi connectivity index (χ1n) is 10.9. The van der Waals surface area contributed by atoms with Gasteiger partial charge in [0.15, 0.2) is 0 Å². The first-order chi connectivity index (χ1) is 16.0. The van der Waals surface area contributed by atoms with Crippen molar-refractivity contribution in [1.82, 2.24) is 24.8 Å². The lowest BCUT2D eigenvalue weighted by molar-refractivity contribution is 0.0663. The topological polar surface area (TPSA) is 97.9 Å². The van der Waals surface area contributed by atoms with Gasteiger partial charge in [-0.2, -0.15) is 0 Å². The summed E-state index contributed by atoms with van der Waals surface area (Å²) in [7, 11) is 0. The number of rotatable bonds is 5. The summed E-state index contributed by atoms with van der Waals surface area (Å²) in [5.41, 5.74) is 10.6. The number of aromatic nitrogens is 4. The molecule has 0 saturated carbocycles. The summed E-state index contributed by atoms with van der Waals surface area (Å²) in [6.45, 7) is 2.22. The molecule has 33 heavy (non-hydrogen) atoms. The summed E-state index contributed by atoms with van der Waals surface area (Å²) in [6.07, 6.45) is 7.87. The molecular formula is C25H23ClN6O. The number of hydrogen-bond donors (Lipinski definition) is 1. The normalized spacial score (nSPS) is 13.6. The smallest absolute Gasteiger partial charge is 0.254 e. The number of aryl methyl sites for hydroxylation is 1. The maximum atomic E-state index is 13.8. The minimum absolute atomic E-state index is 0.128. The van der Waals surface area contributed by atoms with Gasteiger partial charge in [-0.15, -0.1) is 0 Å². The molecule has 3 heterocycles. The van der Waals surface area contributed by atoms with Crippen LogP contribution in [0.25, 0.3) is 10.9 Å². The third-order valence-corrected chi connectivity index (χ3v) is 6.37. The van der Waals surface area contributed by atoms with E-state index in [-0.39, 0.29) is 11.9 Å². The molecule has 0 bridgehead atoms. The molecule has 0 radical (unpaired) electrons. The van der Waals surface area contributed by atoms with Crippen molar-refractivity contribution >= 4 is 34.2 Å². The summed E-state index contributed by atoms with van der Waals surface area (Å²) in [6, 6.07) is 10.6. The number of nitrogens with two attached hydrogens (primary N) is 1. The van der Waals surface area contributed by atoms with Crippen LogP contribution >= 0.6 is 11.6 Å². The summed E-state index contributed by atoms with van der Waals surface area (Å²) in [5.74, 6) is 1.03. The lowest BCUT2D eigenvalue weighted by Crippen LogP contribution is -2.34. The second-order valence-corrected chi connectivity index (χ2v) is 8.66. The van der Waals surface area contributed by atoms with Gasteiger partial charge in [-0.3, -0.25) is 9.78 Å². The highest BCUT2D eigenvalue weighted by Crippen LogP contribution is 2.33. The van der Waals surface area contributed by atoms with E-state index in [4.69, 9.17) is 17.3 Å². The quantitative estimate of drug-likeness (QED) is 0.471. The number of nitrogens with zero attached hydrogens (tertiary/aromatic N) is 5. The number of amides is 1. The molecular weight excluding hydrogens is 436 g/mol. The Balaban J connectivity index is 1.55. The number of benzene rings is 1. The molecule has 0 fully saturated rings. The number of halogens is 1. The number of fused-ring (bicyclic) bond motifs is 3. The summed E-state index contributed by atoms with van der Waals surface area (Å²) in [4.78, 5) is 33.2. The third-order valence-electron chi connectivity index (χ3n) is 6.15. The van der Waals surface area contributed by atoms with Crippen LogP contribution in [0.5, 0.6) is 0 Å². The molecule has 0 unspecified atom stereocenters.